The van der Waals surface area contributed by atoms with Crippen LogP contribution in [0.2, 0.25) is 0 Å². The molecule has 0 radical (unpaired) electrons. The Hall–Kier alpha value is -1.02. The predicted octanol–water partition coefficient (Wildman–Crippen LogP) is 3.64. The highest BCUT2D eigenvalue weighted by atomic mass is 127. The zero-order chi connectivity index (χ0) is 17.2. The first kappa shape index (κ1) is 22.0. The van der Waals surface area contributed by atoms with Gasteiger partial charge in [0.25, 0.3) is 0 Å². The van der Waals surface area contributed by atoms with E-state index in [0.29, 0.717) is 12.6 Å². The minimum absolute atomic E-state index is 0. The summed E-state index contributed by atoms with van der Waals surface area (Å²) < 4.78 is 11.5. The van der Waals surface area contributed by atoms with Gasteiger partial charge < -0.3 is 20.1 Å². The second-order valence-corrected chi connectivity index (χ2v) is 6.24. The third-order valence-electron chi connectivity index (χ3n) is 4.14. The maximum atomic E-state index is 5.86. The lowest BCUT2D eigenvalue weighted by molar-refractivity contribution is 0.105. The van der Waals surface area contributed by atoms with Gasteiger partial charge in [0, 0.05) is 32.3 Å². The third kappa shape index (κ3) is 7.81. The molecule has 1 atom stereocenters. The van der Waals surface area contributed by atoms with Crippen LogP contribution in [-0.2, 0) is 11.3 Å². The van der Waals surface area contributed by atoms with Gasteiger partial charge in [0.1, 0.15) is 5.75 Å². The number of hydrogen-bond donors (Lipinski definition) is 2. The molecule has 0 aliphatic carbocycles. The highest BCUT2D eigenvalue weighted by Gasteiger charge is 2.14. The Morgan fingerprint density at radius 1 is 1.36 bits per heavy atom. The normalized spacial score (nSPS) is 17.1. The highest BCUT2D eigenvalue weighted by Crippen LogP contribution is 2.20. The molecule has 25 heavy (non-hydrogen) atoms. The summed E-state index contributed by atoms with van der Waals surface area (Å²) >= 11 is 0. The molecule has 142 valence electrons. The van der Waals surface area contributed by atoms with E-state index in [-0.39, 0.29) is 24.0 Å². The maximum absolute atomic E-state index is 5.86. The summed E-state index contributed by atoms with van der Waals surface area (Å²) in [7, 11) is 1.80. The maximum Gasteiger partial charge on any atom is 0.191 e. The monoisotopic (exact) mass is 461 g/mol. The Kier molecular flexibility index (Phi) is 10.9. The molecule has 1 fully saturated rings. The molecule has 1 aromatic carbocycles. The molecule has 0 amide bonds. The molecule has 1 aliphatic heterocycles. The van der Waals surface area contributed by atoms with E-state index in [4.69, 9.17) is 9.47 Å². The molecule has 0 bridgehead atoms. The average molecular weight is 461 g/mol. The molecule has 0 spiro atoms. The van der Waals surface area contributed by atoms with Gasteiger partial charge in [0.15, 0.2) is 5.96 Å². The Balaban J connectivity index is 0.00000312. The van der Waals surface area contributed by atoms with Crippen LogP contribution in [0.4, 0.5) is 0 Å². The van der Waals surface area contributed by atoms with Gasteiger partial charge in [-0.1, -0.05) is 19.1 Å². The molecule has 1 aromatic rings. The Morgan fingerprint density at radius 3 is 2.88 bits per heavy atom. The molecular formula is C19H32IN3O2. The molecule has 1 heterocycles. The van der Waals surface area contributed by atoms with Crippen molar-refractivity contribution in [3.05, 3.63) is 29.3 Å². The van der Waals surface area contributed by atoms with Crippen molar-refractivity contribution in [1.82, 2.24) is 10.6 Å². The molecular weight excluding hydrogens is 429 g/mol. The third-order valence-corrected chi connectivity index (χ3v) is 4.14. The standard InChI is InChI=1S/C19H31N3O2.HI/c1-4-11-24-18-13-15(2)7-8-16(18)14-22-19(20-3)21-10-9-17-6-5-12-23-17;/h7-8,13,17H,4-6,9-12,14H2,1-3H3,(H2,20,21,22);1H. The van der Waals surface area contributed by atoms with Crippen molar-refractivity contribution in [3.8, 4) is 5.75 Å². The number of aryl methyl sites for hydroxylation is 1. The second kappa shape index (κ2) is 12.4. The Morgan fingerprint density at radius 2 is 2.20 bits per heavy atom. The number of nitrogens with one attached hydrogen (secondary N) is 2. The molecule has 1 unspecified atom stereocenters. The summed E-state index contributed by atoms with van der Waals surface area (Å²) in [6.45, 7) is 7.42. The number of nitrogens with zero attached hydrogens (tertiary/aromatic N) is 1. The molecule has 6 heteroatoms. The molecule has 1 saturated heterocycles. The van der Waals surface area contributed by atoms with Crippen LogP contribution in [0.5, 0.6) is 5.75 Å². The predicted molar refractivity (Wildman–Crippen MR) is 114 cm³/mol. The first-order valence-electron chi connectivity index (χ1n) is 9.01. The smallest absolute Gasteiger partial charge is 0.191 e. The van der Waals surface area contributed by atoms with Crippen molar-refractivity contribution in [1.29, 1.82) is 0 Å². The van der Waals surface area contributed by atoms with Crippen LogP contribution >= 0.6 is 24.0 Å². The number of rotatable bonds is 8. The van der Waals surface area contributed by atoms with E-state index in [9.17, 15) is 0 Å². The van der Waals surface area contributed by atoms with Crippen LogP contribution in [0.15, 0.2) is 23.2 Å². The molecule has 0 saturated carbocycles. The number of guanidine groups is 1. The molecule has 0 aromatic heterocycles. The van der Waals surface area contributed by atoms with Gasteiger partial charge in [-0.25, -0.2) is 0 Å². The van der Waals surface area contributed by atoms with Crippen LogP contribution < -0.4 is 15.4 Å². The van der Waals surface area contributed by atoms with Crippen molar-refractivity contribution < 1.29 is 9.47 Å². The van der Waals surface area contributed by atoms with Gasteiger partial charge in [-0.05, 0) is 44.2 Å². The van der Waals surface area contributed by atoms with Gasteiger partial charge in [0.2, 0.25) is 0 Å². The van der Waals surface area contributed by atoms with Crippen LogP contribution in [0.25, 0.3) is 0 Å². The van der Waals surface area contributed by atoms with Crippen molar-refractivity contribution in [2.75, 3.05) is 26.8 Å². The number of halogens is 1. The van der Waals surface area contributed by atoms with E-state index in [2.05, 4.69) is 47.7 Å². The van der Waals surface area contributed by atoms with E-state index in [1.54, 1.807) is 7.05 Å². The first-order chi connectivity index (χ1) is 11.7. The number of ether oxygens (including phenoxy) is 2. The molecule has 2 N–H and O–H groups in total. The number of benzene rings is 1. The fourth-order valence-corrected chi connectivity index (χ4v) is 2.78. The van der Waals surface area contributed by atoms with Crippen molar-refractivity contribution >= 4 is 29.9 Å². The van der Waals surface area contributed by atoms with Crippen LogP contribution in [0.1, 0.15) is 43.7 Å². The summed E-state index contributed by atoms with van der Waals surface area (Å²) in [5.74, 6) is 1.77. The average Bonchev–Trinajstić information content (AvgIpc) is 3.10. The minimum Gasteiger partial charge on any atom is -0.493 e. The highest BCUT2D eigenvalue weighted by molar-refractivity contribution is 14.0. The lowest BCUT2D eigenvalue weighted by Crippen LogP contribution is -2.38. The molecule has 1 aliphatic rings. The lowest BCUT2D eigenvalue weighted by Gasteiger charge is -2.16. The lowest BCUT2D eigenvalue weighted by atomic mass is 10.1. The summed E-state index contributed by atoms with van der Waals surface area (Å²) in [6.07, 6.45) is 4.80. The van der Waals surface area contributed by atoms with E-state index >= 15 is 0 Å². The fraction of sp³-hybridized carbons (Fsp3) is 0.632. The van der Waals surface area contributed by atoms with Crippen molar-refractivity contribution in [2.45, 2.75) is 52.2 Å². The van der Waals surface area contributed by atoms with E-state index in [1.807, 2.05) is 0 Å². The largest absolute Gasteiger partial charge is 0.493 e. The second-order valence-electron chi connectivity index (χ2n) is 6.24. The zero-order valence-electron chi connectivity index (χ0n) is 15.6. The van der Waals surface area contributed by atoms with Crippen LogP contribution in [0.3, 0.4) is 0 Å². The van der Waals surface area contributed by atoms with E-state index in [0.717, 1.165) is 49.9 Å². The Bertz CT molecular complexity index is 531. The minimum atomic E-state index is 0. The van der Waals surface area contributed by atoms with Crippen molar-refractivity contribution in [2.24, 2.45) is 4.99 Å². The van der Waals surface area contributed by atoms with E-state index < -0.39 is 0 Å². The van der Waals surface area contributed by atoms with Gasteiger partial charge in [-0.3, -0.25) is 4.99 Å². The van der Waals surface area contributed by atoms with Crippen LogP contribution in [-0.4, -0.2) is 38.9 Å². The van der Waals surface area contributed by atoms with Gasteiger partial charge in [-0.15, -0.1) is 24.0 Å². The van der Waals surface area contributed by atoms with Crippen LogP contribution in [0, 0.1) is 6.92 Å². The fourth-order valence-electron chi connectivity index (χ4n) is 2.78. The summed E-state index contributed by atoms with van der Waals surface area (Å²) in [4.78, 5) is 4.29. The SMILES string of the molecule is CCCOc1cc(C)ccc1CNC(=NC)NCCC1CCCO1.I. The van der Waals surface area contributed by atoms with E-state index in [1.165, 1.54) is 18.4 Å². The summed E-state index contributed by atoms with van der Waals surface area (Å²) in [5.41, 5.74) is 2.36. The molecule has 2 rings (SSSR count). The summed E-state index contributed by atoms with van der Waals surface area (Å²) in [5, 5.41) is 6.72. The van der Waals surface area contributed by atoms with Gasteiger partial charge in [-0.2, -0.15) is 0 Å². The quantitative estimate of drug-likeness (QED) is 0.353. The summed E-state index contributed by atoms with van der Waals surface area (Å²) in [6, 6.07) is 6.33. The molecule has 5 nitrogen and oxygen atoms in total. The number of aliphatic imine (C=N–C) groups is 1. The Labute approximate surface area is 169 Å². The number of hydrogen-bond acceptors (Lipinski definition) is 3. The first-order valence-corrected chi connectivity index (χ1v) is 9.01. The topological polar surface area (TPSA) is 54.9 Å². The zero-order valence-corrected chi connectivity index (χ0v) is 18.0. The van der Waals surface area contributed by atoms with Gasteiger partial charge >= 0.3 is 0 Å². The van der Waals surface area contributed by atoms with Gasteiger partial charge in [0.05, 0.1) is 12.7 Å². The van der Waals surface area contributed by atoms with Crippen molar-refractivity contribution in [3.63, 3.8) is 0 Å².